The van der Waals surface area contributed by atoms with Gasteiger partial charge in [-0.15, -0.1) is 0 Å². The van der Waals surface area contributed by atoms with E-state index < -0.39 is 0 Å². The van der Waals surface area contributed by atoms with Crippen molar-refractivity contribution in [2.24, 2.45) is 0 Å². The average Bonchev–Trinajstić information content (AvgIpc) is 2.76. The summed E-state index contributed by atoms with van der Waals surface area (Å²) in [5.41, 5.74) is 2.20. The molecular weight excluding hydrogens is 292 g/mol. The lowest BCUT2D eigenvalue weighted by Gasteiger charge is -2.11. The second kappa shape index (κ2) is 5.74. The minimum absolute atomic E-state index is 0.308. The zero-order chi connectivity index (χ0) is 13.1. The zero-order valence-corrected chi connectivity index (χ0v) is 12.7. The third kappa shape index (κ3) is 2.39. The Bertz CT molecular complexity index is 536. The molecule has 1 heterocycles. The van der Waals surface area contributed by atoms with Gasteiger partial charge in [0.2, 0.25) is 0 Å². The fourth-order valence-electron chi connectivity index (χ4n) is 2.14. The molecule has 0 bridgehead atoms. The van der Waals surface area contributed by atoms with Crippen LogP contribution >= 0.6 is 15.9 Å². The summed E-state index contributed by atoms with van der Waals surface area (Å²) >= 11 is 3.70. The molecule has 2 aromatic rings. The monoisotopic (exact) mass is 310 g/mol. The molecule has 0 N–H and O–H groups in total. The maximum Gasteiger partial charge on any atom is 0.123 e. The smallest absolute Gasteiger partial charge is 0.123 e. The van der Waals surface area contributed by atoms with Crippen LogP contribution in [0.3, 0.4) is 0 Å². The fraction of sp³-hybridized carbons (Fsp3) is 0.500. The van der Waals surface area contributed by atoms with Gasteiger partial charge in [-0.2, -0.15) is 0 Å². The molecule has 2 rings (SSSR count). The highest BCUT2D eigenvalue weighted by Crippen LogP contribution is 2.30. The van der Waals surface area contributed by atoms with Crippen molar-refractivity contribution in [2.45, 2.75) is 38.1 Å². The molecule has 0 aliphatic carbocycles. The second-order valence-corrected chi connectivity index (χ2v) is 5.46. The first-order chi connectivity index (χ1) is 8.71. The Morgan fingerprint density at radius 2 is 2.17 bits per heavy atom. The molecule has 1 aromatic carbocycles. The minimum Gasteiger partial charge on any atom is -0.497 e. The largest absolute Gasteiger partial charge is 0.497 e. The van der Waals surface area contributed by atoms with E-state index in [0.29, 0.717) is 4.83 Å². The van der Waals surface area contributed by atoms with Gasteiger partial charge in [-0.3, -0.25) is 0 Å². The van der Waals surface area contributed by atoms with Crippen LogP contribution in [0.25, 0.3) is 11.0 Å². The number of aryl methyl sites for hydroxylation is 1. The summed E-state index contributed by atoms with van der Waals surface area (Å²) < 4.78 is 7.56. The van der Waals surface area contributed by atoms with Crippen LogP contribution in [0.1, 0.15) is 37.3 Å². The normalized spacial score (nSPS) is 12.9. The highest BCUT2D eigenvalue weighted by atomic mass is 79.9. The standard InChI is InChI=1S/C14H19BrN2O/c1-4-8-17-13-7-6-10(18-3)9-12(13)16-14(17)11(15)5-2/h6-7,9,11H,4-5,8H2,1-3H3. The predicted octanol–water partition coefficient (Wildman–Crippen LogP) is 4.30. The summed E-state index contributed by atoms with van der Waals surface area (Å²) in [5.74, 6) is 1.97. The lowest BCUT2D eigenvalue weighted by atomic mass is 10.3. The van der Waals surface area contributed by atoms with Gasteiger partial charge in [0.1, 0.15) is 11.6 Å². The maximum atomic E-state index is 5.26. The number of rotatable bonds is 5. The molecule has 3 nitrogen and oxygen atoms in total. The number of fused-ring (bicyclic) bond motifs is 1. The Morgan fingerprint density at radius 1 is 1.39 bits per heavy atom. The van der Waals surface area contributed by atoms with Gasteiger partial charge in [-0.05, 0) is 25.0 Å². The molecule has 0 radical (unpaired) electrons. The highest BCUT2D eigenvalue weighted by molar-refractivity contribution is 9.09. The Morgan fingerprint density at radius 3 is 2.78 bits per heavy atom. The van der Waals surface area contributed by atoms with Gasteiger partial charge in [0.05, 0.1) is 23.0 Å². The third-order valence-corrected chi connectivity index (χ3v) is 4.13. The molecule has 0 aliphatic rings. The number of alkyl halides is 1. The molecular formula is C14H19BrN2O. The number of imidazole rings is 1. The molecule has 1 atom stereocenters. The van der Waals surface area contributed by atoms with Gasteiger partial charge >= 0.3 is 0 Å². The first kappa shape index (κ1) is 13.4. The molecule has 4 heteroatoms. The van der Waals surface area contributed by atoms with E-state index in [1.165, 1.54) is 5.52 Å². The van der Waals surface area contributed by atoms with Crippen LogP contribution in [0.4, 0.5) is 0 Å². The van der Waals surface area contributed by atoms with Gasteiger partial charge in [0, 0.05) is 12.6 Å². The molecule has 0 amide bonds. The van der Waals surface area contributed by atoms with Crippen molar-refractivity contribution in [1.82, 2.24) is 9.55 Å². The molecule has 0 saturated carbocycles. The Hall–Kier alpha value is -1.03. The third-order valence-electron chi connectivity index (χ3n) is 3.07. The molecule has 0 aliphatic heterocycles. The topological polar surface area (TPSA) is 27.1 Å². The first-order valence-electron chi connectivity index (χ1n) is 6.39. The number of ether oxygens (including phenoxy) is 1. The SMILES string of the molecule is CCCn1c(C(Br)CC)nc2cc(OC)ccc21. The maximum absolute atomic E-state index is 5.26. The number of hydrogen-bond acceptors (Lipinski definition) is 2. The zero-order valence-electron chi connectivity index (χ0n) is 11.1. The van der Waals surface area contributed by atoms with Crippen molar-refractivity contribution in [3.8, 4) is 5.75 Å². The Kier molecular flexibility index (Phi) is 4.27. The molecule has 0 saturated heterocycles. The van der Waals surface area contributed by atoms with Crippen LogP contribution in [0.15, 0.2) is 18.2 Å². The highest BCUT2D eigenvalue weighted by Gasteiger charge is 2.16. The van der Waals surface area contributed by atoms with Crippen LogP contribution in [0, 0.1) is 0 Å². The van der Waals surface area contributed by atoms with Crippen molar-refractivity contribution >= 4 is 27.0 Å². The molecule has 0 fully saturated rings. The molecule has 98 valence electrons. The average molecular weight is 311 g/mol. The Labute approximate surface area is 116 Å². The first-order valence-corrected chi connectivity index (χ1v) is 7.31. The van der Waals surface area contributed by atoms with E-state index in [0.717, 1.165) is 36.5 Å². The number of benzene rings is 1. The predicted molar refractivity (Wildman–Crippen MR) is 78.5 cm³/mol. The van der Waals surface area contributed by atoms with Crippen LogP contribution < -0.4 is 4.74 Å². The van der Waals surface area contributed by atoms with E-state index in [9.17, 15) is 0 Å². The lowest BCUT2D eigenvalue weighted by molar-refractivity contribution is 0.415. The number of halogens is 1. The van der Waals surface area contributed by atoms with Crippen LogP contribution in [-0.2, 0) is 6.54 Å². The van der Waals surface area contributed by atoms with Crippen LogP contribution in [0.2, 0.25) is 0 Å². The summed E-state index contributed by atoms with van der Waals surface area (Å²) in [5, 5.41) is 0. The number of hydrogen-bond donors (Lipinski definition) is 0. The molecule has 1 aromatic heterocycles. The van der Waals surface area contributed by atoms with Gasteiger partial charge in [-0.1, -0.05) is 29.8 Å². The van der Waals surface area contributed by atoms with E-state index in [1.807, 2.05) is 12.1 Å². The van der Waals surface area contributed by atoms with Crippen molar-refractivity contribution in [2.75, 3.05) is 7.11 Å². The second-order valence-electron chi connectivity index (χ2n) is 4.35. The Balaban J connectivity index is 2.58. The quantitative estimate of drug-likeness (QED) is 0.770. The fourth-order valence-corrected chi connectivity index (χ4v) is 2.49. The van der Waals surface area contributed by atoms with Crippen molar-refractivity contribution < 1.29 is 4.74 Å². The van der Waals surface area contributed by atoms with E-state index in [4.69, 9.17) is 9.72 Å². The van der Waals surface area contributed by atoms with E-state index in [2.05, 4.69) is 40.4 Å². The van der Waals surface area contributed by atoms with Crippen LogP contribution in [-0.4, -0.2) is 16.7 Å². The summed E-state index contributed by atoms with van der Waals surface area (Å²) in [7, 11) is 1.68. The van der Waals surface area contributed by atoms with Gasteiger partial charge in [0.25, 0.3) is 0 Å². The molecule has 1 unspecified atom stereocenters. The summed E-state index contributed by atoms with van der Waals surface area (Å²) in [4.78, 5) is 5.05. The summed E-state index contributed by atoms with van der Waals surface area (Å²) in [6, 6.07) is 6.09. The minimum atomic E-state index is 0.308. The van der Waals surface area contributed by atoms with E-state index in [1.54, 1.807) is 7.11 Å². The number of aromatic nitrogens is 2. The molecule has 18 heavy (non-hydrogen) atoms. The summed E-state index contributed by atoms with van der Waals surface area (Å²) in [6.45, 7) is 5.35. The van der Waals surface area contributed by atoms with Gasteiger partial charge in [0.15, 0.2) is 0 Å². The van der Waals surface area contributed by atoms with E-state index >= 15 is 0 Å². The van der Waals surface area contributed by atoms with Crippen molar-refractivity contribution in [3.63, 3.8) is 0 Å². The van der Waals surface area contributed by atoms with Crippen LogP contribution in [0.5, 0.6) is 5.75 Å². The van der Waals surface area contributed by atoms with Gasteiger partial charge in [-0.25, -0.2) is 4.98 Å². The number of methoxy groups -OCH3 is 1. The van der Waals surface area contributed by atoms with Gasteiger partial charge < -0.3 is 9.30 Å². The van der Waals surface area contributed by atoms with Crippen molar-refractivity contribution in [1.29, 1.82) is 0 Å². The summed E-state index contributed by atoms with van der Waals surface area (Å²) in [6.07, 6.45) is 2.14. The van der Waals surface area contributed by atoms with E-state index in [-0.39, 0.29) is 0 Å². The number of nitrogens with zero attached hydrogens (tertiary/aromatic N) is 2. The van der Waals surface area contributed by atoms with Crippen molar-refractivity contribution in [3.05, 3.63) is 24.0 Å². The molecule has 0 spiro atoms. The lowest BCUT2D eigenvalue weighted by Crippen LogP contribution is -2.04.